The minimum absolute atomic E-state index is 0.165. The van der Waals surface area contributed by atoms with Crippen LogP contribution in [0, 0.1) is 0 Å². The van der Waals surface area contributed by atoms with Crippen LogP contribution in [-0.4, -0.2) is 17.2 Å². The van der Waals surface area contributed by atoms with E-state index in [1.54, 1.807) is 6.92 Å². The SMILES string of the molecule is C[C@@H](NC(=O)OCc1ccccc1)c1ccc(C(=O)O)o1. The van der Waals surface area contributed by atoms with Crippen LogP contribution in [0.4, 0.5) is 4.79 Å². The van der Waals surface area contributed by atoms with Crippen molar-refractivity contribution in [1.29, 1.82) is 0 Å². The second-order valence-electron chi connectivity index (χ2n) is 4.43. The third-order valence-corrected chi connectivity index (χ3v) is 2.81. The minimum atomic E-state index is -1.15. The Balaban J connectivity index is 1.85. The molecule has 0 bridgehead atoms. The molecule has 6 nitrogen and oxygen atoms in total. The highest BCUT2D eigenvalue weighted by Gasteiger charge is 2.16. The van der Waals surface area contributed by atoms with Crippen molar-refractivity contribution in [2.24, 2.45) is 0 Å². The fraction of sp³-hybridized carbons (Fsp3) is 0.200. The molecule has 0 radical (unpaired) electrons. The van der Waals surface area contributed by atoms with Crippen molar-refractivity contribution in [2.75, 3.05) is 0 Å². The Morgan fingerprint density at radius 2 is 1.95 bits per heavy atom. The number of aromatic carboxylic acids is 1. The predicted molar refractivity (Wildman–Crippen MR) is 73.8 cm³/mol. The summed E-state index contributed by atoms with van der Waals surface area (Å²) >= 11 is 0. The summed E-state index contributed by atoms with van der Waals surface area (Å²) in [5.41, 5.74) is 0.881. The zero-order valence-corrected chi connectivity index (χ0v) is 11.4. The largest absolute Gasteiger partial charge is 0.475 e. The van der Waals surface area contributed by atoms with Crippen molar-refractivity contribution in [1.82, 2.24) is 5.32 Å². The molecule has 0 aliphatic heterocycles. The van der Waals surface area contributed by atoms with Gasteiger partial charge in [0.15, 0.2) is 0 Å². The molecule has 0 fully saturated rings. The number of carboxylic acids is 1. The topological polar surface area (TPSA) is 88.8 Å². The van der Waals surface area contributed by atoms with Gasteiger partial charge in [-0.05, 0) is 24.6 Å². The molecule has 2 rings (SSSR count). The molecule has 0 aliphatic carbocycles. The first-order valence-corrected chi connectivity index (χ1v) is 6.36. The third-order valence-electron chi connectivity index (χ3n) is 2.81. The molecule has 6 heteroatoms. The number of ether oxygens (including phenoxy) is 1. The minimum Gasteiger partial charge on any atom is -0.475 e. The summed E-state index contributed by atoms with van der Waals surface area (Å²) in [7, 11) is 0. The molecule has 1 aromatic heterocycles. The van der Waals surface area contributed by atoms with Crippen LogP contribution in [0.3, 0.4) is 0 Å². The third kappa shape index (κ3) is 4.10. The molecule has 0 saturated carbocycles. The van der Waals surface area contributed by atoms with Crippen molar-refractivity contribution in [3.05, 3.63) is 59.5 Å². The quantitative estimate of drug-likeness (QED) is 0.883. The summed E-state index contributed by atoms with van der Waals surface area (Å²) < 4.78 is 10.2. The van der Waals surface area contributed by atoms with Crippen LogP contribution in [0.5, 0.6) is 0 Å². The van der Waals surface area contributed by atoms with Gasteiger partial charge in [0.2, 0.25) is 5.76 Å². The van der Waals surface area contributed by atoms with Gasteiger partial charge in [-0.25, -0.2) is 9.59 Å². The molecular formula is C15H15NO5. The molecular weight excluding hydrogens is 274 g/mol. The van der Waals surface area contributed by atoms with Gasteiger partial charge >= 0.3 is 12.1 Å². The van der Waals surface area contributed by atoms with Gasteiger partial charge in [0.25, 0.3) is 0 Å². The second kappa shape index (κ2) is 6.60. The molecule has 0 unspecified atom stereocenters. The molecule has 0 saturated heterocycles. The van der Waals surface area contributed by atoms with E-state index in [4.69, 9.17) is 14.3 Å². The summed E-state index contributed by atoms with van der Waals surface area (Å²) in [4.78, 5) is 22.4. The highest BCUT2D eigenvalue weighted by Crippen LogP contribution is 2.16. The van der Waals surface area contributed by atoms with Gasteiger partial charge < -0.3 is 19.6 Å². The van der Waals surface area contributed by atoms with Crippen LogP contribution in [0.1, 0.15) is 34.8 Å². The summed E-state index contributed by atoms with van der Waals surface area (Å²) in [6.07, 6.45) is -0.598. The normalized spacial score (nSPS) is 11.7. The lowest BCUT2D eigenvalue weighted by atomic mass is 10.2. The van der Waals surface area contributed by atoms with E-state index < -0.39 is 18.1 Å². The van der Waals surface area contributed by atoms with Gasteiger partial charge in [0, 0.05) is 0 Å². The molecule has 1 amide bonds. The number of carboxylic acid groups (broad SMARTS) is 1. The van der Waals surface area contributed by atoms with Gasteiger partial charge in [0.05, 0.1) is 6.04 Å². The maximum Gasteiger partial charge on any atom is 0.408 e. The zero-order chi connectivity index (χ0) is 15.2. The first-order valence-electron chi connectivity index (χ1n) is 6.36. The van der Waals surface area contributed by atoms with Gasteiger partial charge in [-0.2, -0.15) is 0 Å². The molecule has 0 spiro atoms. The summed E-state index contributed by atoms with van der Waals surface area (Å²) in [6, 6.07) is 11.6. The van der Waals surface area contributed by atoms with Crippen molar-refractivity contribution in [2.45, 2.75) is 19.6 Å². The number of hydrogen-bond donors (Lipinski definition) is 2. The van der Waals surface area contributed by atoms with Crippen LogP contribution in [0.25, 0.3) is 0 Å². The number of carbonyl (C=O) groups is 2. The molecule has 1 heterocycles. The van der Waals surface area contributed by atoms with Crippen LogP contribution in [-0.2, 0) is 11.3 Å². The van der Waals surface area contributed by atoms with E-state index in [2.05, 4.69) is 5.32 Å². The fourth-order valence-electron chi connectivity index (χ4n) is 1.71. The van der Waals surface area contributed by atoms with Gasteiger partial charge in [-0.1, -0.05) is 30.3 Å². The molecule has 1 aromatic carbocycles. The summed E-state index contributed by atoms with van der Waals surface area (Å²) in [6.45, 7) is 1.84. The number of furan rings is 1. The number of hydrogen-bond acceptors (Lipinski definition) is 4. The molecule has 2 N–H and O–H groups in total. The number of benzene rings is 1. The molecule has 110 valence electrons. The van der Waals surface area contributed by atoms with Crippen LogP contribution >= 0.6 is 0 Å². The van der Waals surface area contributed by atoms with Crippen molar-refractivity contribution in [3.8, 4) is 0 Å². The Hall–Kier alpha value is -2.76. The van der Waals surface area contributed by atoms with Crippen molar-refractivity contribution >= 4 is 12.1 Å². The lowest BCUT2D eigenvalue weighted by molar-refractivity contribution is 0.0659. The van der Waals surface area contributed by atoms with E-state index in [9.17, 15) is 9.59 Å². The Kier molecular flexibility index (Phi) is 4.61. The van der Waals surface area contributed by atoms with E-state index in [-0.39, 0.29) is 12.4 Å². The lowest BCUT2D eigenvalue weighted by Gasteiger charge is -2.11. The first-order chi connectivity index (χ1) is 10.1. The summed E-state index contributed by atoms with van der Waals surface area (Å²) in [5.74, 6) is -0.972. The maximum absolute atomic E-state index is 11.6. The monoisotopic (exact) mass is 289 g/mol. The molecule has 2 aromatic rings. The van der Waals surface area contributed by atoms with E-state index in [1.807, 2.05) is 30.3 Å². The average molecular weight is 289 g/mol. The Bertz CT molecular complexity index is 620. The average Bonchev–Trinajstić information content (AvgIpc) is 2.96. The van der Waals surface area contributed by atoms with E-state index in [0.717, 1.165) is 5.56 Å². The van der Waals surface area contributed by atoms with E-state index in [1.165, 1.54) is 12.1 Å². The number of rotatable bonds is 5. The van der Waals surface area contributed by atoms with Gasteiger partial charge in [-0.3, -0.25) is 0 Å². The lowest BCUT2D eigenvalue weighted by Crippen LogP contribution is -2.27. The number of nitrogens with one attached hydrogen (secondary N) is 1. The zero-order valence-electron chi connectivity index (χ0n) is 11.4. The van der Waals surface area contributed by atoms with Crippen LogP contribution < -0.4 is 5.32 Å². The Morgan fingerprint density at radius 1 is 1.24 bits per heavy atom. The first kappa shape index (κ1) is 14.6. The summed E-state index contributed by atoms with van der Waals surface area (Å²) in [5, 5.41) is 11.3. The Morgan fingerprint density at radius 3 is 2.57 bits per heavy atom. The standard InChI is InChI=1S/C15H15NO5/c1-10(12-7-8-13(21-12)14(17)18)16-15(19)20-9-11-5-3-2-4-6-11/h2-8,10H,9H2,1H3,(H,16,19)(H,17,18)/t10-/m1/s1. The van der Waals surface area contributed by atoms with Gasteiger partial charge in [-0.15, -0.1) is 0 Å². The van der Waals surface area contributed by atoms with Crippen molar-refractivity contribution in [3.63, 3.8) is 0 Å². The van der Waals surface area contributed by atoms with Gasteiger partial charge in [0.1, 0.15) is 12.4 Å². The number of carbonyl (C=O) groups excluding carboxylic acids is 1. The van der Waals surface area contributed by atoms with Crippen LogP contribution in [0.2, 0.25) is 0 Å². The second-order valence-corrected chi connectivity index (χ2v) is 4.43. The smallest absolute Gasteiger partial charge is 0.408 e. The predicted octanol–water partition coefficient (Wildman–Crippen LogP) is 2.97. The van der Waals surface area contributed by atoms with Crippen molar-refractivity contribution < 1.29 is 23.8 Å². The molecule has 1 atom stereocenters. The number of amides is 1. The molecule has 21 heavy (non-hydrogen) atoms. The van der Waals surface area contributed by atoms with E-state index in [0.29, 0.717) is 5.76 Å². The fourth-order valence-corrected chi connectivity index (χ4v) is 1.71. The van der Waals surface area contributed by atoms with E-state index >= 15 is 0 Å². The molecule has 0 aliphatic rings. The highest BCUT2D eigenvalue weighted by atomic mass is 16.5. The maximum atomic E-state index is 11.6. The highest BCUT2D eigenvalue weighted by molar-refractivity contribution is 5.84. The van der Waals surface area contributed by atoms with Crippen LogP contribution in [0.15, 0.2) is 46.9 Å². The Labute approximate surface area is 121 Å². The number of alkyl carbamates (subject to hydrolysis) is 1.